The van der Waals surface area contributed by atoms with Gasteiger partial charge in [-0.15, -0.1) is 10.2 Å². The van der Waals surface area contributed by atoms with Crippen molar-refractivity contribution in [3.63, 3.8) is 0 Å². The number of nitrogens with zero attached hydrogens (tertiary/aromatic N) is 4. The van der Waals surface area contributed by atoms with Crippen molar-refractivity contribution in [2.75, 3.05) is 30.3 Å². The summed E-state index contributed by atoms with van der Waals surface area (Å²) in [4.78, 5) is 15.8. The normalized spacial score (nSPS) is 37.4. The Kier molecular flexibility index (Phi) is 5.10. The third-order valence-corrected chi connectivity index (χ3v) is 9.43. The van der Waals surface area contributed by atoms with Crippen LogP contribution in [0.4, 0.5) is 5.95 Å². The van der Waals surface area contributed by atoms with Crippen LogP contribution in [-0.2, 0) is 16.1 Å². The first-order chi connectivity index (χ1) is 14.7. The lowest BCUT2D eigenvalue weighted by molar-refractivity contribution is -0.141. The van der Waals surface area contributed by atoms with Crippen LogP contribution in [0.3, 0.4) is 0 Å². The van der Waals surface area contributed by atoms with Crippen molar-refractivity contribution in [3.8, 4) is 0 Å². The van der Waals surface area contributed by atoms with E-state index in [4.69, 9.17) is 4.74 Å². The maximum atomic E-state index is 13.5. The molecule has 164 valence electrons. The molecule has 0 N–H and O–H groups in total. The number of hydrogen-bond acceptors (Lipinski definition) is 6. The number of hydrogen-bond donors (Lipinski definition) is 0. The molecule has 7 rings (SSSR count). The number of carbonyl (C=O) groups excluding carboxylic acids is 1. The van der Waals surface area contributed by atoms with Gasteiger partial charge in [0.15, 0.2) is 5.16 Å². The first kappa shape index (κ1) is 19.6. The summed E-state index contributed by atoms with van der Waals surface area (Å²) in [6, 6.07) is 0. The highest BCUT2D eigenvalue weighted by Gasteiger charge is 2.54. The van der Waals surface area contributed by atoms with Crippen molar-refractivity contribution < 1.29 is 9.53 Å². The average Bonchev–Trinajstić information content (AvgIpc) is 3.48. The lowest BCUT2D eigenvalue weighted by atomic mass is 9.48. The molecule has 0 radical (unpaired) electrons. The minimum absolute atomic E-state index is 0.0149. The van der Waals surface area contributed by atoms with Gasteiger partial charge in [0.25, 0.3) is 0 Å². The van der Waals surface area contributed by atoms with Crippen molar-refractivity contribution in [2.45, 2.75) is 82.0 Å². The van der Waals surface area contributed by atoms with E-state index in [2.05, 4.69) is 19.7 Å². The van der Waals surface area contributed by atoms with Gasteiger partial charge in [-0.1, -0.05) is 11.8 Å². The predicted octanol–water partition coefficient (Wildman–Crippen LogP) is 3.93. The van der Waals surface area contributed by atoms with Gasteiger partial charge in [0.05, 0.1) is 18.4 Å². The van der Waals surface area contributed by atoms with Gasteiger partial charge in [-0.25, -0.2) is 0 Å². The summed E-state index contributed by atoms with van der Waals surface area (Å²) in [5.74, 6) is 4.46. The zero-order valence-electron chi connectivity index (χ0n) is 17.9. The first-order valence-electron chi connectivity index (χ1n) is 12.1. The zero-order chi connectivity index (χ0) is 20.1. The van der Waals surface area contributed by atoms with E-state index in [1.165, 1.54) is 32.1 Å². The Balaban J connectivity index is 1.18. The molecule has 6 fully saturated rings. The summed E-state index contributed by atoms with van der Waals surface area (Å²) < 4.78 is 8.17. The topological polar surface area (TPSA) is 60.2 Å². The van der Waals surface area contributed by atoms with E-state index >= 15 is 0 Å². The molecule has 1 aromatic heterocycles. The quantitative estimate of drug-likeness (QED) is 0.611. The third kappa shape index (κ3) is 3.50. The molecule has 7 heteroatoms. The highest BCUT2D eigenvalue weighted by molar-refractivity contribution is 7.99. The molecule has 0 unspecified atom stereocenters. The Labute approximate surface area is 183 Å². The fraction of sp³-hybridized carbons (Fsp3) is 0.870. The summed E-state index contributed by atoms with van der Waals surface area (Å²) in [7, 11) is 0. The van der Waals surface area contributed by atoms with Gasteiger partial charge < -0.3 is 9.64 Å². The largest absolute Gasteiger partial charge is 0.376 e. The number of rotatable bonds is 7. The van der Waals surface area contributed by atoms with Crippen LogP contribution in [0, 0.1) is 23.2 Å². The monoisotopic (exact) mass is 430 g/mol. The Morgan fingerprint density at radius 1 is 1.03 bits per heavy atom. The molecule has 1 atom stereocenters. The summed E-state index contributed by atoms with van der Waals surface area (Å²) in [5, 5.41) is 10.0. The summed E-state index contributed by atoms with van der Waals surface area (Å²) in [6.07, 6.45) is 12.5. The molecule has 6 aliphatic rings. The van der Waals surface area contributed by atoms with Crippen LogP contribution >= 0.6 is 11.8 Å². The van der Waals surface area contributed by atoms with Crippen LogP contribution < -0.4 is 4.90 Å². The SMILES string of the molecule is O=C(CSc1nnc(N2CCCC2)n1C[C@H]1CCCO1)C12CC3CC(CC(C3)C1)C2. The minimum Gasteiger partial charge on any atom is -0.376 e. The van der Waals surface area contributed by atoms with Crippen LogP contribution in [-0.4, -0.2) is 52.1 Å². The Hall–Kier alpha value is -1.08. The maximum Gasteiger partial charge on any atom is 0.228 e. The Morgan fingerprint density at radius 2 is 1.73 bits per heavy atom. The van der Waals surface area contributed by atoms with E-state index in [0.29, 0.717) is 11.5 Å². The van der Waals surface area contributed by atoms with E-state index in [0.717, 1.165) is 87.2 Å². The van der Waals surface area contributed by atoms with Gasteiger partial charge in [0.2, 0.25) is 5.95 Å². The highest BCUT2D eigenvalue weighted by Crippen LogP contribution is 2.60. The van der Waals surface area contributed by atoms with Crippen molar-refractivity contribution in [1.82, 2.24) is 14.8 Å². The molecule has 3 heterocycles. The van der Waals surface area contributed by atoms with E-state index in [1.54, 1.807) is 11.8 Å². The van der Waals surface area contributed by atoms with Crippen molar-refractivity contribution in [2.24, 2.45) is 23.2 Å². The standard InChI is InChI=1S/C23H34N4O2S/c28-20(23-11-16-8-17(12-23)10-18(9-16)13-23)15-30-22-25-24-21(26-5-1-2-6-26)27(22)14-19-4-3-7-29-19/h16-19H,1-15H2/t16?,17?,18?,19-,23?/m1/s1. The number of Topliss-reactive ketones (excluding diaryl/α,β-unsaturated/α-hetero) is 1. The van der Waals surface area contributed by atoms with Crippen LogP contribution in [0.1, 0.15) is 64.2 Å². The molecule has 2 saturated heterocycles. The second-order valence-corrected chi connectivity index (χ2v) is 11.6. The molecular formula is C23H34N4O2S. The van der Waals surface area contributed by atoms with Gasteiger partial charge in [-0.2, -0.15) is 0 Å². The highest BCUT2D eigenvalue weighted by atomic mass is 32.2. The summed E-state index contributed by atoms with van der Waals surface area (Å²) in [6.45, 7) is 3.78. The molecule has 6 nitrogen and oxygen atoms in total. The van der Waals surface area contributed by atoms with Crippen LogP contribution in [0.15, 0.2) is 5.16 Å². The first-order valence-corrected chi connectivity index (χ1v) is 13.1. The number of ether oxygens (including phenoxy) is 1. The van der Waals surface area contributed by atoms with Crippen LogP contribution in [0.2, 0.25) is 0 Å². The number of anilines is 1. The number of carbonyl (C=O) groups is 1. The third-order valence-electron chi connectivity index (χ3n) is 8.46. The number of ketones is 1. The minimum atomic E-state index is -0.0149. The van der Waals surface area contributed by atoms with Crippen molar-refractivity contribution >= 4 is 23.5 Å². The van der Waals surface area contributed by atoms with Gasteiger partial charge in [0.1, 0.15) is 5.78 Å². The molecule has 4 aliphatic carbocycles. The molecular weight excluding hydrogens is 396 g/mol. The summed E-state index contributed by atoms with van der Waals surface area (Å²) in [5.41, 5.74) is -0.0149. The lowest BCUT2D eigenvalue weighted by Crippen LogP contribution is -2.50. The maximum absolute atomic E-state index is 13.5. The molecule has 1 aromatic rings. The van der Waals surface area contributed by atoms with Crippen molar-refractivity contribution in [1.29, 1.82) is 0 Å². The van der Waals surface area contributed by atoms with Crippen LogP contribution in [0.5, 0.6) is 0 Å². The summed E-state index contributed by atoms with van der Waals surface area (Å²) >= 11 is 1.62. The van der Waals surface area contributed by atoms with Crippen molar-refractivity contribution in [3.05, 3.63) is 0 Å². The predicted molar refractivity (Wildman–Crippen MR) is 117 cm³/mol. The Morgan fingerprint density at radius 3 is 2.37 bits per heavy atom. The van der Waals surface area contributed by atoms with Gasteiger partial charge >= 0.3 is 0 Å². The molecule has 0 amide bonds. The molecule has 4 saturated carbocycles. The van der Waals surface area contributed by atoms with E-state index in [1.807, 2.05) is 0 Å². The van der Waals surface area contributed by atoms with Gasteiger partial charge in [-0.05, 0) is 82.0 Å². The fourth-order valence-corrected chi connectivity index (χ4v) is 8.40. The molecule has 2 aliphatic heterocycles. The number of aromatic nitrogens is 3. The average molecular weight is 431 g/mol. The van der Waals surface area contributed by atoms with E-state index in [9.17, 15) is 4.79 Å². The second kappa shape index (κ2) is 7.80. The van der Waals surface area contributed by atoms with Gasteiger partial charge in [0, 0.05) is 25.1 Å². The molecule has 0 spiro atoms. The fourth-order valence-electron chi connectivity index (χ4n) is 7.43. The smallest absolute Gasteiger partial charge is 0.228 e. The van der Waals surface area contributed by atoms with Gasteiger partial charge in [-0.3, -0.25) is 9.36 Å². The zero-order valence-corrected chi connectivity index (χ0v) is 18.7. The molecule has 4 bridgehead atoms. The number of thioether (sulfide) groups is 1. The molecule has 30 heavy (non-hydrogen) atoms. The second-order valence-electron chi connectivity index (χ2n) is 10.6. The Bertz CT molecular complexity index is 762. The van der Waals surface area contributed by atoms with E-state index in [-0.39, 0.29) is 11.5 Å². The molecule has 0 aromatic carbocycles. The van der Waals surface area contributed by atoms with Crippen LogP contribution in [0.25, 0.3) is 0 Å². The van der Waals surface area contributed by atoms with E-state index < -0.39 is 0 Å². The lowest BCUT2D eigenvalue weighted by Gasteiger charge is -2.56.